The Kier molecular flexibility index (Phi) is 10.5. The molecular formula is C38H47FN5O5P. The zero-order valence-corrected chi connectivity index (χ0v) is 30.7. The highest BCUT2D eigenvalue weighted by molar-refractivity contribution is 7.62. The van der Waals surface area contributed by atoms with Gasteiger partial charge in [-0.15, -0.1) is 0 Å². The van der Waals surface area contributed by atoms with Crippen LogP contribution in [-0.2, 0) is 38.0 Å². The Bertz CT molecular complexity index is 1900. The van der Waals surface area contributed by atoms with E-state index < -0.39 is 24.6 Å². The molecule has 0 radical (unpaired) electrons. The fourth-order valence-electron chi connectivity index (χ4n) is 6.34. The molecule has 12 heteroatoms. The van der Waals surface area contributed by atoms with Gasteiger partial charge in [-0.3, -0.25) is 18.5 Å². The maximum absolute atomic E-state index is 14.4. The molecule has 1 atom stereocenters. The van der Waals surface area contributed by atoms with Crippen LogP contribution in [0.3, 0.4) is 0 Å². The summed E-state index contributed by atoms with van der Waals surface area (Å²) in [6.45, 7) is 15.2. The predicted molar refractivity (Wildman–Crippen MR) is 190 cm³/mol. The zero-order chi connectivity index (χ0) is 35.7. The highest BCUT2D eigenvalue weighted by Gasteiger charge is 2.38. The molecule has 0 unspecified atom stereocenters. The summed E-state index contributed by atoms with van der Waals surface area (Å²) in [6.07, 6.45) is 2.95. The van der Waals surface area contributed by atoms with Crippen LogP contribution in [0.15, 0.2) is 54.6 Å². The average Bonchev–Trinajstić information content (AvgIpc) is 3.36. The Hall–Kier alpha value is -3.65. The monoisotopic (exact) mass is 703 g/mol. The molecule has 10 nitrogen and oxygen atoms in total. The zero-order valence-electron chi connectivity index (χ0n) is 29.8. The van der Waals surface area contributed by atoms with Gasteiger partial charge in [-0.05, 0) is 110 Å². The van der Waals surface area contributed by atoms with E-state index in [9.17, 15) is 8.96 Å². The molecule has 2 aliphatic heterocycles. The molecular weight excluding hydrogens is 656 g/mol. The summed E-state index contributed by atoms with van der Waals surface area (Å²) in [5, 5.41) is 9.51. The van der Waals surface area contributed by atoms with E-state index >= 15 is 0 Å². The molecule has 4 heterocycles. The van der Waals surface area contributed by atoms with E-state index in [1.165, 1.54) is 6.07 Å². The molecule has 0 amide bonds. The minimum Gasteiger partial charge on any atom is -0.473 e. The third-order valence-corrected chi connectivity index (χ3v) is 11.3. The van der Waals surface area contributed by atoms with Crippen LogP contribution in [-0.4, -0.2) is 56.4 Å². The highest BCUT2D eigenvalue weighted by atomic mass is 31.2. The van der Waals surface area contributed by atoms with Crippen LogP contribution in [0.1, 0.15) is 89.4 Å². The number of pyridine rings is 1. The third-order valence-electron chi connectivity index (χ3n) is 8.77. The molecule has 0 N–H and O–H groups in total. The Labute approximate surface area is 294 Å². The Morgan fingerprint density at radius 2 is 1.70 bits per heavy atom. The number of nitrogens with zero attached hydrogens (tertiary/aromatic N) is 5. The van der Waals surface area contributed by atoms with Crippen molar-refractivity contribution in [3.8, 4) is 11.9 Å². The van der Waals surface area contributed by atoms with Gasteiger partial charge in [-0.25, -0.2) is 14.4 Å². The lowest BCUT2D eigenvalue weighted by Gasteiger charge is -2.33. The lowest BCUT2D eigenvalue weighted by atomic mass is 9.93. The van der Waals surface area contributed by atoms with Crippen LogP contribution in [0.25, 0.3) is 11.0 Å². The van der Waals surface area contributed by atoms with Crippen LogP contribution >= 0.6 is 7.60 Å². The first-order valence-corrected chi connectivity index (χ1v) is 18.9. The van der Waals surface area contributed by atoms with Crippen LogP contribution < -0.4 is 10.0 Å². The van der Waals surface area contributed by atoms with E-state index in [2.05, 4.69) is 9.47 Å². The number of hydrogen-bond acceptors (Lipinski definition) is 9. The molecule has 6 rings (SSSR count). The van der Waals surface area contributed by atoms with Gasteiger partial charge in [0.15, 0.2) is 0 Å². The Morgan fingerprint density at radius 1 is 0.980 bits per heavy atom. The molecule has 0 bridgehead atoms. The molecule has 0 spiro atoms. The molecule has 0 aliphatic carbocycles. The van der Waals surface area contributed by atoms with E-state index in [0.29, 0.717) is 29.8 Å². The fourth-order valence-corrected chi connectivity index (χ4v) is 8.57. The van der Waals surface area contributed by atoms with Gasteiger partial charge in [0.25, 0.3) is 0 Å². The van der Waals surface area contributed by atoms with Gasteiger partial charge in [0.2, 0.25) is 5.88 Å². The second-order valence-electron chi connectivity index (χ2n) is 15.2. The van der Waals surface area contributed by atoms with E-state index in [0.717, 1.165) is 61.5 Å². The number of piperidine rings is 1. The largest absolute Gasteiger partial charge is 0.473 e. The summed E-state index contributed by atoms with van der Waals surface area (Å²) in [7, 11) is -3.68. The van der Waals surface area contributed by atoms with Crippen LogP contribution in [0.5, 0.6) is 5.88 Å². The number of fused-ring (bicyclic) bond motifs is 1. The van der Waals surface area contributed by atoms with Crippen molar-refractivity contribution in [3.63, 3.8) is 0 Å². The van der Waals surface area contributed by atoms with Crippen molar-refractivity contribution in [2.75, 3.05) is 19.7 Å². The van der Waals surface area contributed by atoms with Crippen molar-refractivity contribution >= 4 is 23.9 Å². The van der Waals surface area contributed by atoms with Crippen molar-refractivity contribution in [1.82, 2.24) is 19.4 Å². The Balaban J connectivity index is 1.16. The minimum absolute atomic E-state index is 0.0333. The second-order valence-corrected chi connectivity index (χ2v) is 17.0. The van der Waals surface area contributed by atoms with Gasteiger partial charge >= 0.3 is 7.60 Å². The number of imidazole rings is 1. The number of aromatic nitrogens is 3. The normalized spacial score (nSPS) is 17.8. The van der Waals surface area contributed by atoms with Crippen molar-refractivity contribution in [3.05, 3.63) is 83.1 Å². The quantitative estimate of drug-likeness (QED) is 0.146. The number of benzene rings is 2. The summed E-state index contributed by atoms with van der Waals surface area (Å²) < 4.78 is 54.9. The smallest absolute Gasteiger partial charge is 0.362 e. The van der Waals surface area contributed by atoms with Crippen LogP contribution in [0, 0.1) is 17.1 Å². The van der Waals surface area contributed by atoms with Crippen LogP contribution in [0.4, 0.5) is 4.39 Å². The number of hydrogen-bond donors (Lipinski definition) is 0. The summed E-state index contributed by atoms with van der Waals surface area (Å²) in [4.78, 5) is 12.2. The fraction of sp³-hybridized carbons (Fsp3) is 0.500. The van der Waals surface area contributed by atoms with Gasteiger partial charge in [-0.1, -0.05) is 12.1 Å². The molecule has 2 saturated heterocycles. The number of likely N-dealkylation sites (tertiary alicyclic amines) is 1. The van der Waals surface area contributed by atoms with E-state index in [4.69, 9.17) is 33.8 Å². The first-order chi connectivity index (χ1) is 23.7. The Morgan fingerprint density at radius 3 is 2.32 bits per heavy atom. The number of nitriles is 1. The van der Waals surface area contributed by atoms with Crippen molar-refractivity contribution in [2.45, 2.75) is 104 Å². The molecule has 2 aromatic carbocycles. The topological polar surface area (TPSA) is 112 Å². The van der Waals surface area contributed by atoms with Gasteiger partial charge in [0, 0.05) is 29.8 Å². The molecule has 2 aliphatic rings. The summed E-state index contributed by atoms with van der Waals surface area (Å²) >= 11 is 0. The third kappa shape index (κ3) is 8.79. The number of ether oxygens (including phenoxy) is 2. The SMILES string of the molecule is CC(C)(C)OP(=O)(OC(C)(C)C)c1ccc2nc(CN3CCC(c4cccc(OCc5ccc(C#N)cc5F)n4)CC3)n(C[C@@H]3CCO3)c2c1. The summed E-state index contributed by atoms with van der Waals surface area (Å²) in [5.41, 5.74) is 1.98. The van der Waals surface area contributed by atoms with Crippen LogP contribution in [0.2, 0.25) is 0 Å². The van der Waals surface area contributed by atoms with Gasteiger partial charge in [0.1, 0.15) is 18.2 Å². The summed E-state index contributed by atoms with van der Waals surface area (Å²) in [5.74, 6) is 1.19. The molecule has 266 valence electrons. The van der Waals surface area contributed by atoms with Gasteiger partial charge < -0.3 is 14.0 Å². The average molecular weight is 704 g/mol. The second kappa shape index (κ2) is 14.5. The van der Waals surface area contributed by atoms with Crippen molar-refractivity contribution in [1.29, 1.82) is 5.26 Å². The minimum atomic E-state index is -3.68. The highest BCUT2D eigenvalue weighted by Crippen LogP contribution is 2.53. The summed E-state index contributed by atoms with van der Waals surface area (Å²) in [6, 6.07) is 17.7. The number of halogens is 1. The lowest BCUT2D eigenvalue weighted by Crippen LogP contribution is -2.35. The van der Waals surface area contributed by atoms with E-state index in [1.54, 1.807) is 18.2 Å². The molecule has 4 aromatic rings. The molecule has 2 fully saturated rings. The van der Waals surface area contributed by atoms with Gasteiger partial charge in [-0.2, -0.15) is 5.26 Å². The predicted octanol–water partition coefficient (Wildman–Crippen LogP) is 7.64. The number of rotatable bonds is 11. The van der Waals surface area contributed by atoms with Crippen molar-refractivity contribution in [2.24, 2.45) is 0 Å². The molecule has 2 aromatic heterocycles. The standard InChI is InChI=1S/C38H47FN5O5P/c1-37(2,3)48-50(45,49-38(4,5)6)30-12-13-33-34(21-30)44(23-29-16-19-46-29)35(41-33)24-43-17-14-27(15-18-43)32-8-7-9-36(42-32)47-25-28-11-10-26(22-40)20-31(28)39/h7-13,20-21,27,29H,14-19,23-25H2,1-6H3/t29-/m0/s1. The lowest BCUT2D eigenvalue weighted by molar-refractivity contribution is -0.0592. The first kappa shape index (κ1) is 36.2. The maximum atomic E-state index is 14.4. The van der Waals surface area contributed by atoms with E-state index in [-0.39, 0.29) is 24.2 Å². The maximum Gasteiger partial charge on any atom is 0.362 e. The van der Waals surface area contributed by atoms with E-state index in [1.807, 2.05) is 77.9 Å². The molecule has 50 heavy (non-hydrogen) atoms. The molecule has 0 saturated carbocycles. The van der Waals surface area contributed by atoms with Crippen molar-refractivity contribution < 1.29 is 27.5 Å². The first-order valence-electron chi connectivity index (χ1n) is 17.3. The van der Waals surface area contributed by atoms with Gasteiger partial charge in [0.05, 0.1) is 58.4 Å².